The van der Waals surface area contributed by atoms with Crippen molar-refractivity contribution < 1.29 is 4.74 Å². The van der Waals surface area contributed by atoms with Crippen molar-refractivity contribution in [3.8, 4) is 0 Å². The Kier molecular flexibility index (Phi) is 2.41. The van der Waals surface area contributed by atoms with E-state index in [1.165, 1.54) is 0 Å². The van der Waals surface area contributed by atoms with E-state index in [1.807, 2.05) is 10.9 Å². The number of ether oxygens (including phenoxy) is 1. The topological polar surface area (TPSA) is 39.9 Å². The number of rotatable bonds is 1. The Morgan fingerprint density at radius 2 is 2.58 bits per heavy atom. The second-order valence-corrected chi connectivity index (χ2v) is 3.70. The molecule has 5 heteroatoms. The van der Waals surface area contributed by atoms with Crippen molar-refractivity contribution in [1.82, 2.24) is 15.0 Å². The fraction of sp³-hybridized carbons (Fsp3) is 0.714. The van der Waals surface area contributed by atoms with Crippen molar-refractivity contribution in [2.75, 3.05) is 13.2 Å². The van der Waals surface area contributed by atoms with Crippen LogP contribution in [0, 0.1) is 0 Å². The molecule has 66 valence electrons. The summed E-state index contributed by atoms with van der Waals surface area (Å²) in [5, 5.41) is 7.85. The van der Waals surface area contributed by atoms with Crippen LogP contribution in [0.1, 0.15) is 18.9 Å². The molecule has 2 rings (SSSR count). The van der Waals surface area contributed by atoms with Gasteiger partial charge in [-0.05, 0) is 28.8 Å². The molecule has 0 aliphatic carbocycles. The van der Waals surface area contributed by atoms with E-state index in [9.17, 15) is 0 Å². The summed E-state index contributed by atoms with van der Waals surface area (Å²) < 4.78 is 7.99. The molecular weight excluding hydrogens is 222 g/mol. The molecule has 1 aliphatic rings. The van der Waals surface area contributed by atoms with Crippen LogP contribution in [-0.4, -0.2) is 28.2 Å². The Bertz CT molecular complexity index is 257. The molecule has 0 amide bonds. The van der Waals surface area contributed by atoms with Gasteiger partial charge in [-0.1, -0.05) is 5.21 Å². The van der Waals surface area contributed by atoms with Gasteiger partial charge in [-0.3, -0.25) is 0 Å². The Hall–Kier alpha value is -0.420. The zero-order valence-electron chi connectivity index (χ0n) is 6.61. The molecule has 0 aromatic carbocycles. The summed E-state index contributed by atoms with van der Waals surface area (Å²) in [6, 6.07) is 0.373. The molecule has 1 unspecified atom stereocenters. The van der Waals surface area contributed by atoms with Crippen LogP contribution in [0.5, 0.6) is 0 Å². The van der Waals surface area contributed by atoms with Gasteiger partial charge in [0.05, 0.1) is 18.8 Å². The Labute approximate surface area is 79.0 Å². The van der Waals surface area contributed by atoms with E-state index in [1.54, 1.807) is 0 Å². The maximum Gasteiger partial charge on any atom is 0.148 e. The molecule has 2 heterocycles. The van der Waals surface area contributed by atoms with Crippen molar-refractivity contribution in [3.05, 3.63) is 10.8 Å². The highest BCUT2D eigenvalue weighted by Crippen LogP contribution is 2.18. The van der Waals surface area contributed by atoms with Crippen LogP contribution in [0.2, 0.25) is 0 Å². The molecule has 4 nitrogen and oxygen atoms in total. The fourth-order valence-corrected chi connectivity index (χ4v) is 1.65. The summed E-state index contributed by atoms with van der Waals surface area (Å²) >= 11 is 3.26. The quantitative estimate of drug-likeness (QED) is 0.734. The van der Waals surface area contributed by atoms with Gasteiger partial charge in [0.25, 0.3) is 0 Å². The lowest BCUT2D eigenvalue weighted by molar-refractivity contribution is 0.0543. The van der Waals surface area contributed by atoms with Crippen LogP contribution in [0.4, 0.5) is 0 Å². The third-order valence-electron chi connectivity index (χ3n) is 1.99. The smallest absolute Gasteiger partial charge is 0.148 e. The predicted octanol–water partition coefficient (Wildman–Crippen LogP) is 1.39. The van der Waals surface area contributed by atoms with Crippen LogP contribution in [-0.2, 0) is 4.74 Å². The maximum absolute atomic E-state index is 5.34. The first-order valence-corrected chi connectivity index (χ1v) is 4.80. The van der Waals surface area contributed by atoms with Crippen molar-refractivity contribution >= 4 is 15.9 Å². The number of nitrogens with zero attached hydrogens (tertiary/aromatic N) is 3. The average molecular weight is 232 g/mol. The third-order valence-corrected chi connectivity index (χ3v) is 2.36. The van der Waals surface area contributed by atoms with E-state index >= 15 is 0 Å². The van der Waals surface area contributed by atoms with Gasteiger partial charge in [-0.2, -0.15) is 0 Å². The summed E-state index contributed by atoms with van der Waals surface area (Å²) in [5.74, 6) is 0. The van der Waals surface area contributed by atoms with Gasteiger partial charge in [0.2, 0.25) is 0 Å². The number of hydrogen-bond acceptors (Lipinski definition) is 3. The SMILES string of the molecule is Brc1cn(C2CCCOC2)nn1. The van der Waals surface area contributed by atoms with Crippen LogP contribution in [0.25, 0.3) is 0 Å². The molecule has 1 saturated heterocycles. The minimum atomic E-state index is 0.373. The maximum atomic E-state index is 5.34. The number of halogens is 1. The summed E-state index contributed by atoms with van der Waals surface area (Å²) in [5.41, 5.74) is 0. The van der Waals surface area contributed by atoms with E-state index < -0.39 is 0 Å². The van der Waals surface area contributed by atoms with Gasteiger partial charge in [0.1, 0.15) is 4.60 Å². The van der Waals surface area contributed by atoms with E-state index in [-0.39, 0.29) is 0 Å². The Morgan fingerprint density at radius 3 is 3.17 bits per heavy atom. The second-order valence-electron chi connectivity index (χ2n) is 2.89. The van der Waals surface area contributed by atoms with E-state index in [2.05, 4.69) is 26.2 Å². The first kappa shape index (κ1) is 8.19. The molecule has 1 aromatic rings. The molecule has 0 saturated carbocycles. The van der Waals surface area contributed by atoms with Crippen LogP contribution in [0.15, 0.2) is 10.8 Å². The Balaban J connectivity index is 2.08. The molecule has 0 spiro atoms. The zero-order valence-corrected chi connectivity index (χ0v) is 8.20. The highest BCUT2D eigenvalue weighted by Gasteiger charge is 2.16. The van der Waals surface area contributed by atoms with Crippen molar-refractivity contribution in [2.24, 2.45) is 0 Å². The molecule has 1 aliphatic heterocycles. The fourth-order valence-electron chi connectivity index (χ4n) is 1.37. The standard InChI is InChI=1S/C7H10BrN3O/c8-7-4-11(10-9-7)6-2-1-3-12-5-6/h4,6H,1-3,5H2. The number of aromatic nitrogens is 3. The highest BCUT2D eigenvalue weighted by atomic mass is 79.9. The Morgan fingerprint density at radius 1 is 1.67 bits per heavy atom. The normalized spacial score (nSPS) is 24.2. The third kappa shape index (κ3) is 1.67. The molecular formula is C7H10BrN3O. The highest BCUT2D eigenvalue weighted by molar-refractivity contribution is 9.10. The number of hydrogen-bond donors (Lipinski definition) is 0. The van der Waals surface area contributed by atoms with Crippen LogP contribution < -0.4 is 0 Å². The largest absolute Gasteiger partial charge is 0.379 e. The molecule has 0 N–H and O–H groups in total. The van der Waals surface area contributed by atoms with Gasteiger partial charge in [-0.25, -0.2) is 4.68 Å². The van der Waals surface area contributed by atoms with Crippen LogP contribution >= 0.6 is 15.9 Å². The van der Waals surface area contributed by atoms with Crippen molar-refractivity contribution in [3.63, 3.8) is 0 Å². The van der Waals surface area contributed by atoms with Crippen molar-refractivity contribution in [2.45, 2.75) is 18.9 Å². The minimum absolute atomic E-state index is 0.373. The summed E-state index contributed by atoms with van der Waals surface area (Å²) in [7, 11) is 0. The molecule has 1 aromatic heterocycles. The van der Waals surface area contributed by atoms with E-state index in [0.29, 0.717) is 6.04 Å². The molecule has 1 fully saturated rings. The lowest BCUT2D eigenvalue weighted by Gasteiger charge is -2.21. The molecule has 1 atom stereocenters. The monoisotopic (exact) mass is 231 g/mol. The van der Waals surface area contributed by atoms with Gasteiger partial charge in [0, 0.05) is 6.61 Å². The molecule has 12 heavy (non-hydrogen) atoms. The lowest BCUT2D eigenvalue weighted by atomic mass is 10.1. The first-order valence-electron chi connectivity index (χ1n) is 4.01. The lowest BCUT2D eigenvalue weighted by Crippen LogP contribution is -2.21. The van der Waals surface area contributed by atoms with Gasteiger partial charge >= 0.3 is 0 Å². The predicted molar refractivity (Wildman–Crippen MR) is 46.8 cm³/mol. The summed E-state index contributed by atoms with van der Waals surface area (Å²) in [4.78, 5) is 0. The van der Waals surface area contributed by atoms with E-state index in [0.717, 1.165) is 30.7 Å². The summed E-state index contributed by atoms with van der Waals surface area (Å²) in [6.45, 7) is 1.64. The summed E-state index contributed by atoms with van der Waals surface area (Å²) in [6.07, 6.45) is 4.14. The molecule has 0 radical (unpaired) electrons. The second kappa shape index (κ2) is 3.53. The van der Waals surface area contributed by atoms with Gasteiger partial charge in [-0.15, -0.1) is 5.10 Å². The first-order chi connectivity index (χ1) is 5.86. The van der Waals surface area contributed by atoms with Crippen LogP contribution in [0.3, 0.4) is 0 Å². The van der Waals surface area contributed by atoms with Gasteiger partial charge < -0.3 is 4.74 Å². The van der Waals surface area contributed by atoms with Crippen molar-refractivity contribution in [1.29, 1.82) is 0 Å². The zero-order chi connectivity index (χ0) is 8.39. The van der Waals surface area contributed by atoms with E-state index in [4.69, 9.17) is 4.74 Å². The minimum Gasteiger partial charge on any atom is -0.379 e. The average Bonchev–Trinajstić information content (AvgIpc) is 2.54. The van der Waals surface area contributed by atoms with Gasteiger partial charge in [0.15, 0.2) is 0 Å². The molecule has 0 bridgehead atoms.